The number of hydrogen-bond acceptors (Lipinski definition) is 5. The van der Waals surface area contributed by atoms with Crippen LogP contribution >= 0.6 is 12.2 Å². The number of ether oxygens (including phenoxy) is 1. The highest BCUT2D eigenvalue weighted by Gasteiger charge is 2.37. The fourth-order valence-electron chi connectivity index (χ4n) is 1.98. The lowest BCUT2D eigenvalue weighted by molar-refractivity contribution is -0.127. The number of benzene rings is 1. The van der Waals surface area contributed by atoms with E-state index in [9.17, 15) is 9.59 Å². The summed E-state index contributed by atoms with van der Waals surface area (Å²) in [5.41, 5.74) is 1.04. The molecule has 2 amide bonds. The molecule has 1 aromatic carbocycles. The number of thiocarbonyl (C=S) groups is 1. The summed E-state index contributed by atoms with van der Waals surface area (Å²) in [6.07, 6.45) is -0.0508. The number of carbonyl (C=O) groups is 2. The van der Waals surface area contributed by atoms with Crippen molar-refractivity contribution in [3.63, 3.8) is 0 Å². The number of rotatable bonds is 4. The summed E-state index contributed by atoms with van der Waals surface area (Å²) in [6.45, 7) is 0.0324. The molecule has 1 saturated heterocycles. The lowest BCUT2D eigenvalue weighted by Gasteiger charge is -2.18. The zero-order chi connectivity index (χ0) is 13.7. The Bertz CT molecular complexity index is 526. The van der Waals surface area contributed by atoms with Gasteiger partial charge in [0.1, 0.15) is 13.2 Å². The van der Waals surface area contributed by atoms with Gasteiger partial charge in [0.05, 0.1) is 11.2 Å². The average Bonchev–Trinajstić information content (AvgIpc) is 2.78. The minimum absolute atomic E-state index is 0.177. The quantitative estimate of drug-likeness (QED) is 0.620. The topological polar surface area (TPSA) is 59.0 Å². The number of isothiocyanates is 1. The molecule has 2 rings (SSSR count). The second kappa shape index (κ2) is 6.22. The minimum Gasteiger partial charge on any atom is -0.447 e. The van der Waals surface area contributed by atoms with Crippen LogP contribution in [-0.2, 0) is 16.0 Å². The zero-order valence-corrected chi connectivity index (χ0v) is 10.9. The standard InChI is InChI=1S/C13H12N2O3S/c16-12(7-14-9-19)15-11(8-18-13(15)17)6-10-4-2-1-3-5-10/h1-5,11H,6-8H2. The van der Waals surface area contributed by atoms with E-state index >= 15 is 0 Å². The lowest BCUT2D eigenvalue weighted by atomic mass is 10.1. The molecule has 6 heteroatoms. The Morgan fingerprint density at radius 1 is 1.47 bits per heavy atom. The predicted molar refractivity (Wildman–Crippen MR) is 72.0 cm³/mol. The predicted octanol–water partition coefficient (Wildman–Crippen LogP) is 1.68. The van der Waals surface area contributed by atoms with Crippen molar-refractivity contribution in [1.29, 1.82) is 0 Å². The highest BCUT2D eigenvalue weighted by molar-refractivity contribution is 7.78. The largest absolute Gasteiger partial charge is 0.447 e. The van der Waals surface area contributed by atoms with Crippen LogP contribution in [0.5, 0.6) is 0 Å². The summed E-state index contributed by atoms with van der Waals surface area (Å²) in [5.74, 6) is -0.416. The summed E-state index contributed by atoms with van der Waals surface area (Å²) in [7, 11) is 0. The summed E-state index contributed by atoms with van der Waals surface area (Å²) in [6, 6.07) is 9.34. The number of amides is 2. The van der Waals surface area contributed by atoms with Gasteiger partial charge in [-0.05, 0) is 24.2 Å². The van der Waals surface area contributed by atoms with Gasteiger partial charge in [-0.25, -0.2) is 14.7 Å². The normalized spacial score (nSPS) is 17.8. The first-order chi connectivity index (χ1) is 9.22. The summed E-state index contributed by atoms with van der Waals surface area (Å²) in [4.78, 5) is 28.1. The van der Waals surface area contributed by atoms with Crippen LogP contribution in [0.3, 0.4) is 0 Å². The summed E-state index contributed by atoms with van der Waals surface area (Å²) >= 11 is 4.41. The van der Waals surface area contributed by atoms with Crippen LogP contribution in [0, 0.1) is 0 Å². The van der Waals surface area contributed by atoms with Gasteiger partial charge < -0.3 is 4.74 Å². The Balaban J connectivity index is 2.09. The molecule has 5 nitrogen and oxygen atoms in total. The molecule has 0 bridgehead atoms. The molecule has 1 unspecified atom stereocenters. The van der Waals surface area contributed by atoms with E-state index in [0.717, 1.165) is 10.5 Å². The van der Waals surface area contributed by atoms with Crippen LogP contribution in [0.25, 0.3) is 0 Å². The second-order valence-corrected chi connectivity index (χ2v) is 4.27. The van der Waals surface area contributed by atoms with Gasteiger partial charge in [-0.15, -0.1) is 0 Å². The molecule has 1 aliphatic rings. The first-order valence-electron chi connectivity index (χ1n) is 5.78. The molecule has 1 fully saturated rings. The van der Waals surface area contributed by atoms with Gasteiger partial charge in [-0.1, -0.05) is 30.3 Å². The van der Waals surface area contributed by atoms with Gasteiger partial charge in [0.2, 0.25) is 0 Å². The third-order valence-corrected chi connectivity index (χ3v) is 2.95. The van der Waals surface area contributed by atoms with Crippen LogP contribution in [0.1, 0.15) is 5.56 Å². The van der Waals surface area contributed by atoms with Crippen molar-refractivity contribution >= 4 is 29.4 Å². The molecular weight excluding hydrogens is 264 g/mol. The van der Waals surface area contributed by atoms with E-state index in [2.05, 4.69) is 22.4 Å². The van der Waals surface area contributed by atoms with Crippen LogP contribution < -0.4 is 0 Å². The number of carbonyl (C=O) groups excluding carboxylic acids is 2. The molecule has 0 aromatic heterocycles. The Labute approximate surface area is 115 Å². The molecule has 0 spiro atoms. The molecule has 1 aromatic rings. The molecule has 0 N–H and O–H groups in total. The molecule has 1 heterocycles. The Morgan fingerprint density at radius 3 is 2.89 bits per heavy atom. The number of hydrogen-bond donors (Lipinski definition) is 0. The molecule has 1 atom stereocenters. The maximum absolute atomic E-state index is 11.9. The first-order valence-corrected chi connectivity index (χ1v) is 6.19. The molecule has 0 aliphatic carbocycles. The smallest absolute Gasteiger partial charge is 0.417 e. The SMILES string of the molecule is O=C(CN=C=S)N1C(=O)OCC1Cc1ccccc1. The van der Waals surface area contributed by atoms with Gasteiger partial charge in [-0.2, -0.15) is 0 Å². The highest BCUT2D eigenvalue weighted by atomic mass is 32.1. The van der Waals surface area contributed by atoms with Gasteiger partial charge in [-0.3, -0.25) is 4.79 Å². The number of nitrogens with zero attached hydrogens (tertiary/aromatic N) is 2. The van der Waals surface area contributed by atoms with E-state index in [1.807, 2.05) is 30.3 Å². The minimum atomic E-state index is -0.620. The monoisotopic (exact) mass is 276 g/mol. The van der Waals surface area contributed by atoms with Crippen LogP contribution in [-0.4, -0.2) is 41.3 Å². The van der Waals surface area contributed by atoms with Crippen molar-refractivity contribution in [2.24, 2.45) is 4.99 Å². The Kier molecular flexibility index (Phi) is 4.39. The van der Waals surface area contributed by atoms with E-state index in [-0.39, 0.29) is 19.2 Å². The average molecular weight is 276 g/mol. The molecule has 19 heavy (non-hydrogen) atoms. The molecular formula is C13H12N2O3S. The van der Waals surface area contributed by atoms with E-state index in [0.29, 0.717) is 6.42 Å². The summed E-state index contributed by atoms with van der Waals surface area (Å²) in [5, 5.41) is 2.11. The Hall–Kier alpha value is -2.04. The highest BCUT2D eigenvalue weighted by Crippen LogP contribution is 2.17. The van der Waals surface area contributed by atoms with Gasteiger partial charge >= 0.3 is 6.09 Å². The third-order valence-electron chi connectivity index (χ3n) is 2.82. The molecule has 98 valence electrons. The van der Waals surface area contributed by atoms with E-state index in [1.54, 1.807) is 0 Å². The van der Waals surface area contributed by atoms with E-state index < -0.39 is 12.0 Å². The van der Waals surface area contributed by atoms with Crippen molar-refractivity contribution in [1.82, 2.24) is 4.90 Å². The van der Waals surface area contributed by atoms with Crippen molar-refractivity contribution < 1.29 is 14.3 Å². The fraction of sp³-hybridized carbons (Fsp3) is 0.308. The van der Waals surface area contributed by atoms with Crippen LogP contribution in [0.15, 0.2) is 35.3 Å². The second-order valence-electron chi connectivity index (χ2n) is 4.09. The molecule has 0 saturated carbocycles. The van der Waals surface area contributed by atoms with Crippen molar-refractivity contribution in [3.05, 3.63) is 35.9 Å². The van der Waals surface area contributed by atoms with Gasteiger partial charge in [0.15, 0.2) is 0 Å². The lowest BCUT2D eigenvalue weighted by Crippen LogP contribution is -2.41. The van der Waals surface area contributed by atoms with Crippen molar-refractivity contribution in [2.75, 3.05) is 13.2 Å². The van der Waals surface area contributed by atoms with E-state index in [1.165, 1.54) is 0 Å². The number of aliphatic imine (C=N–C) groups is 1. The van der Waals surface area contributed by atoms with Gasteiger partial charge in [0.25, 0.3) is 5.91 Å². The first kappa shape index (κ1) is 13.4. The number of imide groups is 1. The van der Waals surface area contributed by atoms with Gasteiger partial charge in [0, 0.05) is 0 Å². The fourth-order valence-corrected chi connectivity index (χ4v) is 2.04. The zero-order valence-electron chi connectivity index (χ0n) is 10.1. The summed E-state index contributed by atoms with van der Waals surface area (Å²) < 4.78 is 4.93. The maximum atomic E-state index is 11.9. The van der Waals surface area contributed by atoms with Crippen LogP contribution in [0.2, 0.25) is 0 Å². The third kappa shape index (κ3) is 3.24. The Morgan fingerprint density at radius 2 is 2.21 bits per heavy atom. The maximum Gasteiger partial charge on any atom is 0.417 e. The molecule has 1 aliphatic heterocycles. The van der Waals surface area contributed by atoms with Crippen molar-refractivity contribution in [2.45, 2.75) is 12.5 Å². The molecule has 0 radical (unpaired) electrons. The number of cyclic esters (lactones) is 1. The van der Waals surface area contributed by atoms with Crippen LogP contribution in [0.4, 0.5) is 4.79 Å². The van der Waals surface area contributed by atoms with E-state index in [4.69, 9.17) is 4.74 Å². The van der Waals surface area contributed by atoms with Crippen molar-refractivity contribution in [3.8, 4) is 0 Å².